The summed E-state index contributed by atoms with van der Waals surface area (Å²) in [6.45, 7) is 1.86. The molecule has 2 rings (SSSR count). The number of carbonyl (C=O) groups excluding carboxylic acids is 1. The number of methoxy groups -OCH3 is 1. The maximum absolute atomic E-state index is 12.5. The van der Waals surface area contributed by atoms with Crippen LogP contribution in [0, 0.1) is 6.92 Å². The number of benzene rings is 2. The van der Waals surface area contributed by atoms with Crippen LogP contribution in [-0.4, -0.2) is 32.6 Å². The third kappa shape index (κ3) is 5.30. The molecule has 0 saturated heterocycles. The summed E-state index contributed by atoms with van der Waals surface area (Å²) in [6.07, 6.45) is 0.693. The average Bonchev–Trinajstić information content (AvgIpc) is 2.59. The number of phenolic OH excluding ortho intramolecular Hbond substituents is 1. The van der Waals surface area contributed by atoms with E-state index in [9.17, 15) is 18.3 Å². The second-order valence-corrected chi connectivity index (χ2v) is 7.43. The molecular formula is C18H21NO5S. The molecule has 0 amide bonds. The van der Waals surface area contributed by atoms with Gasteiger partial charge in [0.05, 0.1) is 12.0 Å². The van der Waals surface area contributed by atoms with E-state index in [0.29, 0.717) is 6.42 Å². The summed E-state index contributed by atoms with van der Waals surface area (Å²) >= 11 is 0. The van der Waals surface area contributed by atoms with Gasteiger partial charge in [0.2, 0.25) is 10.0 Å². The molecule has 0 aliphatic carbocycles. The fourth-order valence-corrected chi connectivity index (χ4v) is 3.53. The molecular weight excluding hydrogens is 342 g/mol. The summed E-state index contributed by atoms with van der Waals surface area (Å²) in [6, 6.07) is 11.9. The minimum absolute atomic E-state index is 0.0941. The third-order valence-corrected chi connectivity index (χ3v) is 5.26. The van der Waals surface area contributed by atoms with E-state index in [-0.39, 0.29) is 17.1 Å². The van der Waals surface area contributed by atoms with Crippen LogP contribution in [0.5, 0.6) is 5.75 Å². The van der Waals surface area contributed by atoms with Crippen molar-refractivity contribution in [3.63, 3.8) is 0 Å². The molecule has 2 aromatic carbocycles. The minimum atomic E-state index is -3.83. The highest BCUT2D eigenvalue weighted by Gasteiger charge is 2.26. The summed E-state index contributed by atoms with van der Waals surface area (Å²) in [5.41, 5.74) is 1.82. The van der Waals surface area contributed by atoms with E-state index >= 15 is 0 Å². The van der Waals surface area contributed by atoms with Gasteiger partial charge in [0.25, 0.3) is 0 Å². The predicted octanol–water partition coefficient (Wildman–Crippen LogP) is 2.15. The second kappa shape index (κ2) is 8.13. The predicted molar refractivity (Wildman–Crippen MR) is 93.7 cm³/mol. The Kier molecular flexibility index (Phi) is 6.17. The molecule has 0 heterocycles. The first-order valence-electron chi connectivity index (χ1n) is 7.76. The molecule has 0 radical (unpaired) electrons. The molecule has 7 heteroatoms. The molecule has 0 saturated carbocycles. The van der Waals surface area contributed by atoms with Gasteiger partial charge in [-0.05, 0) is 49.6 Å². The van der Waals surface area contributed by atoms with Crippen LogP contribution in [0.1, 0.15) is 17.5 Å². The largest absolute Gasteiger partial charge is 0.508 e. The van der Waals surface area contributed by atoms with Gasteiger partial charge in [-0.3, -0.25) is 4.79 Å². The van der Waals surface area contributed by atoms with E-state index in [1.54, 1.807) is 36.4 Å². The zero-order chi connectivity index (χ0) is 18.4. The number of esters is 1. The quantitative estimate of drug-likeness (QED) is 0.736. The van der Waals surface area contributed by atoms with E-state index < -0.39 is 22.0 Å². The smallest absolute Gasteiger partial charge is 0.323 e. The van der Waals surface area contributed by atoms with Crippen LogP contribution in [0.2, 0.25) is 0 Å². The molecule has 0 spiro atoms. The van der Waals surface area contributed by atoms with Crippen LogP contribution in [0.15, 0.2) is 53.4 Å². The normalized spacial score (nSPS) is 12.6. The molecule has 134 valence electrons. The number of hydrogen-bond acceptors (Lipinski definition) is 5. The fraction of sp³-hybridized carbons (Fsp3) is 0.278. The number of phenols is 1. The lowest BCUT2D eigenvalue weighted by Gasteiger charge is -2.17. The van der Waals surface area contributed by atoms with Crippen molar-refractivity contribution in [1.29, 1.82) is 0 Å². The minimum Gasteiger partial charge on any atom is -0.508 e. The Balaban J connectivity index is 2.12. The van der Waals surface area contributed by atoms with Crippen molar-refractivity contribution in [1.82, 2.24) is 4.72 Å². The van der Waals surface area contributed by atoms with Gasteiger partial charge in [-0.2, -0.15) is 4.72 Å². The van der Waals surface area contributed by atoms with Crippen molar-refractivity contribution in [2.24, 2.45) is 0 Å². The molecule has 2 N–H and O–H groups in total. The van der Waals surface area contributed by atoms with Crippen molar-refractivity contribution in [3.8, 4) is 5.75 Å². The summed E-state index contributed by atoms with van der Waals surface area (Å²) in [5.74, 6) is -0.497. The van der Waals surface area contributed by atoms with Crippen LogP contribution < -0.4 is 4.72 Å². The summed E-state index contributed by atoms with van der Waals surface area (Å²) in [5, 5.41) is 9.29. The van der Waals surface area contributed by atoms with Gasteiger partial charge >= 0.3 is 5.97 Å². The van der Waals surface area contributed by atoms with Crippen LogP contribution in [0.3, 0.4) is 0 Å². The molecule has 0 aliphatic heterocycles. The number of nitrogens with one attached hydrogen (secondary N) is 1. The van der Waals surface area contributed by atoms with Gasteiger partial charge in [0, 0.05) is 0 Å². The zero-order valence-electron chi connectivity index (χ0n) is 14.1. The molecule has 2 aromatic rings. The first-order chi connectivity index (χ1) is 11.8. The Morgan fingerprint density at radius 1 is 1.12 bits per heavy atom. The monoisotopic (exact) mass is 363 g/mol. The number of carbonyl (C=O) groups is 1. The molecule has 25 heavy (non-hydrogen) atoms. The Hall–Kier alpha value is -2.38. The van der Waals surface area contributed by atoms with Gasteiger partial charge in [-0.25, -0.2) is 8.42 Å². The lowest BCUT2D eigenvalue weighted by atomic mass is 10.1. The average molecular weight is 363 g/mol. The summed E-state index contributed by atoms with van der Waals surface area (Å²) in [7, 11) is -2.61. The first-order valence-corrected chi connectivity index (χ1v) is 9.25. The van der Waals surface area contributed by atoms with E-state index in [0.717, 1.165) is 11.1 Å². The highest BCUT2D eigenvalue weighted by Crippen LogP contribution is 2.15. The van der Waals surface area contributed by atoms with Gasteiger partial charge in [0.1, 0.15) is 11.8 Å². The van der Waals surface area contributed by atoms with E-state index in [1.165, 1.54) is 19.2 Å². The number of aryl methyl sites for hydroxylation is 2. The van der Waals surface area contributed by atoms with Crippen molar-refractivity contribution in [2.45, 2.75) is 30.7 Å². The van der Waals surface area contributed by atoms with Crippen molar-refractivity contribution in [2.75, 3.05) is 7.11 Å². The van der Waals surface area contributed by atoms with Crippen LogP contribution in [0.25, 0.3) is 0 Å². The molecule has 6 nitrogen and oxygen atoms in total. The number of hydrogen-bond donors (Lipinski definition) is 2. The molecule has 0 aliphatic rings. The Labute approximate surface area is 147 Å². The van der Waals surface area contributed by atoms with E-state index in [4.69, 9.17) is 4.74 Å². The zero-order valence-corrected chi connectivity index (χ0v) is 14.9. The van der Waals surface area contributed by atoms with Gasteiger partial charge in [-0.1, -0.05) is 29.8 Å². The molecule has 1 atom stereocenters. The van der Waals surface area contributed by atoms with Gasteiger partial charge < -0.3 is 9.84 Å². The lowest BCUT2D eigenvalue weighted by Crippen LogP contribution is -2.41. The topological polar surface area (TPSA) is 92.7 Å². The first kappa shape index (κ1) is 19.0. The van der Waals surface area contributed by atoms with E-state index in [2.05, 4.69) is 4.72 Å². The second-order valence-electron chi connectivity index (χ2n) is 5.72. The number of sulfonamides is 1. The van der Waals surface area contributed by atoms with Gasteiger partial charge in [-0.15, -0.1) is 0 Å². The molecule has 0 bridgehead atoms. The molecule has 0 unspecified atom stereocenters. The molecule has 0 fully saturated rings. The standard InChI is InChI=1S/C18H21NO5S/c1-13-3-10-16(11-4-13)25(22,23)19-17(18(21)24-2)12-7-14-5-8-15(20)9-6-14/h3-6,8-11,17,19-20H,7,12H2,1-2H3/t17-/m1/s1. The van der Waals surface area contributed by atoms with Crippen LogP contribution in [-0.2, 0) is 26.0 Å². The highest BCUT2D eigenvalue weighted by molar-refractivity contribution is 7.89. The highest BCUT2D eigenvalue weighted by atomic mass is 32.2. The Morgan fingerprint density at radius 3 is 2.28 bits per heavy atom. The number of aromatic hydroxyl groups is 1. The van der Waals surface area contributed by atoms with Crippen molar-refractivity contribution < 1.29 is 23.1 Å². The van der Waals surface area contributed by atoms with Crippen molar-refractivity contribution >= 4 is 16.0 Å². The number of ether oxygens (including phenoxy) is 1. The SMILES string of the molecule is COC(=O)[C@@H](CCc1ccc(O)cc1)NS(=O)(=O)c1ccc(C)cc1. The lowest BCUT2D eigenvalue weighted by molar-refractivity contribution is -0.142. The van der Waals surface area contributed by atoms with Crippen LogP contribution >= 0.6 is 0 Å². The maximum atomic E-state index is 12.5. The van der Waals surface area contributed by atoms with Gasteiger partial charge in [0.15, 0.2) is 0 Å². The summed E-state index contributed by atoms with van der Waals surface area (Å²) < 4.78 is 32.1. The van der Waals surface area contributed by atoms with E-state index in [1.807, 2.05) is 6.92 Å². The fourth-order valence-electron chi connectivity index (χ4n) is 2.31. The maximum Gasteiger partial charge on any atom is 0.323 e. The Morgan fingerprint density at radius 2 is 1.72 bits per heavy atom. The molecule has 0 aromatic heterocycles. The third-order valence-electron chi connectivity index (χ3n) is 3.77. The van der Waals surface area contributed by atoms with Crippen LogP contribution in [0.4, 0.5) is 0 Å². The summed E-state index contributed by atoms with van der Waals surface area (Å²) in [4.78, 5) is 12.1. The number of rotatable bonds is 7. The Bertz CT molecular complexity index is 814. The van der Waals surface area contributed by atoms with Crippen molar-refractivity contribution in [3.05, 3.63) is 59.7 Å².